The van der Waals surface area contributed by atoms with Crippen molar-refractivity contribution < 1.29 is 22.4 Å². The normalized spacial score (nSPS) is 11.5. The number of hydrogen-bond donors (Lipinski definition) is 1. The van der Waals surface area contributed by atoms with Gasteiger partial charge in [-0.3, -0.25) is 9.10 Å². The number of halogens is 3. The van der Waals surface area contributed by atoms with Gasteiger partial charge < -0.3 is 9.15 Å². The number of benzene rings is 2. The second-order valence-corrected chi connectivity index (χ2v) is 9.87. The zero-order valence-corrected chi connectivity index (χ0v) is 20.5. The fourth-order valence-corrected chi connectivity index (χ4v) is 4.40. The fourth-order valence-electron chi connectivity index (χ4n) is 2.80. The Hall–Kier alpha value is -2.72. The Kier molecular flexibility index (Phi) is 7.91. The lowest BCUT2D eigenvalue weighted by molar-refractivity contribution is -0.119. The molecule has 0 aliphatic rings. The van der Waals surface area contributed by atoms with E-state index < -0.39 is 22.5 Å². The van der Waals surface area contributed by atoms with E-state index >= 15 is 0 Å². The summed E-state index contributed by atoms with van der Waals surface area (Å²) in [5.74, 6) is 0.541. The first-order chi connectivity index (χ1) is 15.6. The minimum Gasteiger partial charge on any atom is -0.495 e. The average Bonchev–Trinajstić information content (AvgIpc) is 3.19. The molecule has 174 valence electrons. The van der Waals surface area contributed by atoms with E-state index in [9.17, 15) is 13.2 Å². The van der Waals surface area contributed by atoms with Gasteiger partial charge in [0.05, 0.1) is 35.3 Å². The molecule has 33 heavy (non-hydrogen) atoms. The molecular weight excluding hydrogens is 513 g/mol. The summed E-state index contributed by atoms with van der Waals surface area (Å²) < 4.78 is 36.0. The Morgan fingerprint density at radius 3 is 2.52 bits per heavy atom. The monoisotopic (exact) mass is 529 g/mol. The van der Waals surface area contributed by atoms with Crippen molar-refractivity contribution in [3.8, 4) is 17.1 Å². The number of carbonyl (C=O) groups is 1. The number of anilines is 1. The highest BCUT2D eigenvalue weighted by Gasteiger charge is 2.21. The highest BCUT2D eigenvalue weighted by molar-refractivity contribution is 7.92. The number of ether oxygens (including phenoxy) is 1. The smallest absolute Gasteiger partial charge is 0.260 e. The van der Waals surface area contributed by atoms with Gasteiger partial charge in [-0.15, -0.1) is 0 Å². The largest absolute Gasteiger partial charge is 0.495 e. The number of carbonyl (C=O) groups excluding carboxylic acids is 1. The SMILES string of the molecule is COc1ccc(N(CC(=O)N/N=C\c2ccc(-c3ccc(Cl)cc3Cl)o2)S(C)(=O)=O)cc1Cl. The number of hydrogen-bond acceptors (Lipinski definition) is 6. The summed E-state index contributed by atoms with van der Waals surface area (Å²) in [6, 6.07) is 12.7. The molecule has 0 spiro atoms. The van der Waals surface area contributed by atoms with Crippen molar-refractivity contribution in [3.05, 3.63) is 69.4 Å². The lowest BCUT2D eigenvalue weighted by Crippen LogP contribution is -2.39. The average molecular weight is 531 g/mol. The molecule has 0 saturated heterocycles. The summed E-state index contributed by atoms with van der Waals surface area (Å²) in [5.41, 5.74) is 3.12. The molecule has 1 N–H and O–H groups in total. The lowest BCUT2D eigenvalue weighted by atomic mass is 10.2. The van der Waals surface area contributed by atoms with Crippen LogP contribution in [-0.2, 0) is 14.8 Å². The minimum atomic E-state index is -3.78. The second kappa shape index (κ2) is 10.5. The molecule has 0 bridgehead atoms. The highest BCUT2D eigenvalue weighted by atomic mass is 35.5. The van der Waals surface area contributed by atoms with Crippen LogP contribution in [0.25, 0.3) is 11.3 Å². The van der Waals surface area contributed by atoms with Gasteiger partial charge in [0.1, 0.15) is 23.8 Å². The third kappa shape index (κ3) is 6.42. The van der Waals surface area contributed by atoms with E-state index in [2.05, 4.69) is 10.5 Å². The van der Waals surface area contributed by atoms with E-state index in [1.54, 1.807) is 30.3 Å². The minimum absolute atomic E-state index is 0.205. The van der Waals surface area contributed by atoms with Crippen LogP contribution in [0.4, 0.5) is 5.69 Å². The lowest BCUT2D eigenvalue weighted by Gasteiger charge is -2.21. The van der Waals surface area contributed by atoms with Crippen LogP contribution in [0.5, 0.6) is 5.75 Å². The third-order valence-electron chi connectivity index (χ3n) is 4.32. The maximum Gasteiger partial charge on any atom is 0.260 e. The van der Waals surface area contributed by atoms with E-state index in [1.807, 2.05) is 0 Å². The number of furan rings is 1. The van der Waals surface area contributed by atoms with Crippen LogP contribution in [0.15, 0.2) is 58.0 Å². The van der Waals surface area contributed by atoms with Crippen molar-refractivity contribution in [1.29, 1.82) is 0 Å². The Morgan fingerprint density at radius 2 is 1.88 bits per heavy atom. The molecular formula is C21H18Cl3N3O5S. The summed E-state index contributed by atoms with van der Waals surface area (Å²) in [6.45, 7) is -0.511. The Bertz CT molecular complexity index is 1310. The summed E-state index contributed by atoms with van der Waals surface area (Å²) in [7, 11) is -2.34. The van der Waals surface area contributed by atoms with Crippen molar-refractivity contribution in [3.63, 3.8) is 0 Å². The molecule has 12 heteroatoms. The number of hydrazone groups is 1. The molecule has 0 unspecified atom stereocenters. The number of rotatable bonds is 8. The molecule has 1 aromatic heterocycles. The van der Waals surface area contributed by atoms with Gasteiger partial charge in [-0.05, 0) is 48.5 Å². The Labute approximate surface area is 205 Å². The van der Waals surface area contributed by atoms with Gasteiger partial charge >= 0.3 is 0 Å². The number of nitrogens with one attached hydrogen (secondary N) is 1. The van der Waals surface area contributed by atoms with Crippen molar-refractivity contribution >= 4 is 62.6 Å². The first-order valence-corrected chi connectivity index (χ1v) is 12.2. The van der Waals surface area contributed by atoms with E-state index in [-0.39, 0.29) is 10.7 Å². The zero-order chi connectivity index (χ0) is 24.2. The molecule has 3 rings (SSSR count). The number of amides is 1. The Balaban J connectivity index is 1.68. The van der Waals surface area contributed by atoms with Crippen molar-refractivity contribution in [2.24, 2.45) is 5.10 Å². The maximum atomic E-state index is 12.3. The number of nitrogens with zero attached hydrogens (tertiary/aromatic N) is 2. The molecule has 2 aromatic carbocycles. The highest BCUT2D eigenvalue weighted by Crippen LogP contribution is 2.31. The van der Waals surface area contributed by atoms with Gasteiger partial charge in [-0.1, -0.05) is 34.8 Å². The zero-order valence-electron chi connectivity index (χ0n) is 17.4. The van der Waals surface area contributed by atoms with Crippen LogP contribution in [0.2, 0.25) is 15.1 Å². The summed E-state index contributed by atoms with van der Waals surface area (Å²) in [5, 5.41) is 4.95. The molecule has 0 saturated carbocycles. The first kappa shape index (κ1) is 24.9. The summed E-state index contributed by atoms with van der Waals surface area (Å²) in [4.78, 5) is 12.3. The van der Waals surface area contributed by atoms with Gasteiger partial charge in [0.15, 0.2) is 0 Å². The van der Waals surface area contributed by atoms with Crippen LogP contribution < -0.4 is 14.5 Å². The van der Waals surface area contributed by atoms with Crippen molar-refractivity contribution in [2.45, 2.75) is 0 Å². The third-order valence-corrected chi connectivity index (χ3v) is 6.30. The van der Waals surface area contributed by atoms with E-state index in [4.69, 9.17) is 44.0 Å². The maximum absolute atomic E-state index is 12.3. The van der Waals surface area contributed by atoms with Gasteiger partial charge in [-0.25, -0.2) is 13.8 Å². The molecule has 3 aromatic rings. The molecule has 0 atom stereocenters. The number of sulfonamides is 1. The van der Waals surface area contributed by atoms with Gasteiger partial charge in [0, 0.05) is 10.6 Å². The quantitative estimate of drug-likeness (QED) is 0.332. The molecule has 0 aliphatic carbocycles. The molecule has 0 radical (unpaired) electrons. The molecule has 0 fully saturated rings. The molecule has 8 nitrogen and oxygen atoms in total. The van der Waals surface area contributed by atoms with E-state index in [0.717, 1.165) is 10.6 Å². The number of methoxy groups -OCH3 is 1. The topological polar surface area (TPSA) is 101 Å². The van der Waals surface area contributed by atoms with Crippen LogP contribution in [0, 0.1) is 0 Å². The first-order valence-electron chi connectivity index (χ1n) is 9.27. The second-order valence-electron chi connectivity index (χ2n) is 6.71. The van der Waals surface area contributed by atoms with Crippen LogP contribution in [-0.4, -0.2) is 40.4 Å². The van der Waals surface area contributed by atoms with Gasteiger partial charge in [-0.2, -0.15) is 5.10 Å². The fraction of sp³-hybridized carbons (Fsp3) is 0.143. The van der Waals surface area contributed by atoms with Crippen LogP contribution >= 0.6 is 34.8 Å². The predicted octanol–water partition coefficient (Wildman–Crippen LogP) is 4.83. The van der Waals surface area contributed by atoms with Crippen LogP contribution in [0.1, 0.15) is 5.76 Å². The standard InChI is InChI=1S/C21H18Cl3N3O5S/c1-31-20-7-4-14(10-18(20)24)27(33(2,29)30)12-21(28)26-25-11-15-5-8-19(32-15)16-6-3-13(22)9-17(16)23/h3-11H,12H2,1-2H3,(H,26,28)/b25-11-. The molecule has 1 heterocycles. The Morgan fingerprint density at radius 1 is 1.12 bits per heavy atom. The molecule has 1 amide bonds. The van der Waals surface area contributed by atoms with Crippen molar-refractivity contribution in [1.82, 2.24) is 5.43 Å². The van der Waals surface area contributed by atoms with Crippen LogP contribution in [0.3, 0.4) is 0 Å². The molecule has 0 aliphatic heterocycles. The van der Waals surface area contributed by atoms with Gasteiger partial charge in [0.2, 0.25) is 10.0 Å². The van der Waals surface area contributed by atoms with E-state index in [0.29, 0.717) is 32.9 Å². The predicted molar refractivity (Wildman–Crippen MR) is 130 cm³/mol. The van der Waals surface area contributed by atoms with E-state index in [1.165, 1.54) is 31.5 Å². The summed E-state index contributed by atoms with van der Waals surface area (Å²) >= 11 is 18.2. The van der Waals surface area contributed by atoms with Crippen molar-refractivity contribution in [2.75, 3.05) is 24.2 Å². The summed E-state index contributed by atoms with van der Waals surface area (Å²) in [6.07, 6.45) is 2.26. The van der Waals surface area contributed by atoms with Gasteiger partial charge in [0.25, 0.3) is 5.91 Å².